The second kappa shape index (κ2) is 13.1. The number of hydrogen-bond acceptors (Lipinski definition) is 1. The molecule has 0 unspecified atom stereocenters. The van der Waals surface area contributed by atoms with Crippen molar-refractivity contribution in [1.82, 2.24) is 5.32 Å². The van der Waals surface area contributed by atoms with E-state index in [0.29, 0.717) is 6.42 Å². The molecule has 3 nitrogen and oxygen atoms in total. The lowest BCUT2D eigenvalue weighted by Gasteiger charge is -2.28. The zero-order valence-corrected chi connectivity index (χ0v) is 15.0. The van der Waals surface area contributed by atoms with Crippen LogP contribution in [0.4, 0.5) is 0 Å². The number of carbonyl (C=O) groups is 1. The third-order valence-corrected chi connectivity index (χ3v) is 4.40. The Labute approximate surface area is 133 Å². The Kier molecular flexibility index (Phi) is 12.8. The van der Waals surface area contributed by atoms with Crippen LogP contribution in [0.25, 0.3) is 0 Å². The number of likely N-dealkylation sites (N-methyl/N-ethyl adjacent to an activating group) is 1. The van der Waals surface area contributed by atoms with Gasteiger partial charge < -0.3 is 9.80 Å². The van der Waals surface area contributed by atoms with E-state index in [2.05, 4.69) is 33.3 Å². The van der Waals surface area contributed by atoms with Gasteiger partial charge in [0.2, 0.25) is 5.91 Å². The van der Waals surface area contributed by atoms with Crippen LogP contribution in [-0.4, -0.2) is 44.1 Å². The summed E-state index contributed by atoms with van der Waals surface area (Å²) in [6.07, 6.45) is 12.4. The Bertz CT molecular complexity index is 252. The molecule has 0 aromatic rings. The molecule has 0 radical (unpaired) electrons. The largest absolute Gasteiger partial charge is 0.350 e. The Hall–Kier alpha value is -0.570. The molecule has 0 saturated heterocycles. The summed E-state index contributed by atoms with van der Waals surface area (Å²) >= 11 is 0. The van der Waals surface area contributed by atoms with Gasteiger partial charge in [0, 0.05) is 6.42 Å². The Balaban J connectivity index is 3.31. The Morgan fingerprint density at radius 3 is 1.90 bits per heavy atom. The van der Waals surface area contributed by atoms with Crippen LogP contribution in [-0.2, 0) is 4.79 Å². The predicted octanol–water partition coefficient (Wildman–Crippen LogP) is 4.12. The number of nitrogens with zero attached hydrogens (tertiary/aromatic N) is 1. The van der Waals surface area contributed by atoms with Gasteiger partial charge in [-0.1, -0.05) is 58.3 Å². The van der Waals surface area contributed by atoms with Crippen LogP contribution in [0.1, 0.15) is 78.1 Å². The molecule has 0 aliphatic heterocycles. The number of quaternary nitrogens is 1. The standard InChI is InChI=1S/C18H38N2O/c1-5-7-8-9-10-11-12-13-14-15-18(21)19-16-17-20(3,4)6-2/h5-17H2,1-4H3/p+1. The SMILES string of the molecule is CCCCCCCCCCCC(=O)NCC[N+](C)(C)CC. The van der Waals surface area contributed by atoms with Gasteiger partial charge in [0.1, 0.15) is 0 Å². The van der Waals surface area contributed by atoms with E-state index >= 15 is 0 Å². The van der Waals surface area contributed by atoms with Gasteiger partial charge >= 0.3 is 0 Å². The number of nitrogens with one attached hydrogen (secondary N) is 1. The summed E-state index contributed by atoms with van der Waals surface area (Å²) in [7, 11) is 4.40. The van der Waals surface area contributed by atoms with Gasteiger partial charge in [-0.3, -0.25) is 4.79 Å². The molecular formula is C18H39N2O+. The van der Waals surface area contributed by atoms with Crippen LogP contribution in [0.15, 0.2) is 0 Å². The van der Waals surface area contributed by atoms with Crippen molar-refractivity contribution in [1.29, 1.82) is 0 Å². The summed E-state index contributed by atoms with van der Waals surface area (Å²) in [6.45, 7) is 7.36. The highest BCUT2D eigenvalue weighted by Gasteiger charge is 2.11. The average molecular weight is 300 g/mol. The summed E-state index contributed by atoms with van der Waals surface area (Å²) < 4.78 is 0.971. The Morgan fingerprint density at radius 1 is 0.857 bits per heavy atom. The molecule has 3 heteroatoms. The highest BCUT2D eigenvalue weighted by Crippen LogP contribution is 2.10. The number of unbranched alkanes of at least 4 members (excludes halogenated alkanes) is 8. The summed E-state index contributed by atoms with van der Waals surface area (Å²) in [4.78, 5) is 11.7. The molecule has 21 heavy (non-hydrogen) atoms. The van der Waals surface area contributed by atoms with E-state index in [9.17, 15) is 4.79 Å². The molecule has 0 saturated carbocycles. The van der Waals surface area contributed by atoms with E-state index in [0.717, 1.165) is 30.5 Å². The topological polar surface area (TPSA) is 29.1 Å². The number of carbonyl (C=O) groups excluding carboxylic acids is 1. The first kappa shape index (κ1) is 20.4. The maximum atomic E-state index is 11.7. The van der Waals surface area contributed by atoms with Gasteiger partial charge in [-0.25, -0.2) is 0 Å². The van der Waals surface area contributed by atoms with Crippen molar-refractivity contribution in [3.8, 4) is 0 Å². The molecule has 0 aromatic heterocycles. The van der Waals surface area contributed by atoms with Crippen LogP contribution in [0, 0.1) is 0 Å². The first-order chi connectivity index (χ1) is 10.0. The van der Waals surface area contributed by atoms with Gasteiger partial charge in [0.15, 0.2) is 0 Å². The van der Waals surface area contributed by atoms with Gasteiger partial charge in [-0.2, -0.15) is 0 Å². The summed E-state index contributed by atoms with van der Waals surface area (Å²) in [5.74, 6) is 0.231. The van der Waals surface area contributed by atoms with Crippen molar-refractivity contribution >= 4 is 5.91 Å². The highest BCUT2D eigenvalue weighted by molar-refractivity contribution is 5.75. The van der Waals surface area contributed by atoms with E-state index in [1.165, 1.54) is 51.4 Å². The molecule has 0 aliphatic rings. The molecule has 0 bridgehead atoms. The number of amides is 1. The van der Waals surface area contributed by atoms with Crippen LogP contribution < -0.4 is 5.32 Å². The fraction of sp³-hybridized carbons (Fsp3) is 0.944. The molecule has 0 aromatic carbocycles. The minimum atomic E-state index is 0.231. The van der Waals surface area contributed by atoms with Crippen LogP contribution in [0.3, 0.4) is 0 Å². The molecule has 0 atom stereocenters. The van der Waals surface area contributed by atoms with E-state index < -0.39 is 0 Å². The highest BCUT2D eigenvalue weighted by atomic mass is 16.1. The fourth-order valence-electron chi connectivity index (χ4n) is 2.34. The monoisotopic (exact) mass is 299 g/mol. The normalized spacial score (nSPS) is 11.6. The van der Waals surface area contributed by atoms with Crippen molar-refractivity contribution in [2.45, 2.75) is 78.1 Å². The zero-order valence-electron chi connectivity index (χ0n) is 15.0. The maximum absolute atomic E-state index is 11.7. The third-order valence-electron chi connectivity index (χ3n) is 4.40. The van der Waals surface area contributed by atoms with Crippen molar-refractivity contribution in [3.05, 3.63) is 0 Å². The first-order valence-electron chi connectivity index (χ1n) is 9.10. The Morgan fingerprint density at radius 2 is 1.38 bits per heavy atom. The van der Waals surface area contributed by atoms with Crippen molar-refractivity contribution in [3.63, 3.8) is 0 Å². The molecule has 0 heterocycles. The minimum absolute atomic E-state index is 0.231. The minimum Gasteiger partial charge on any atom is -0.350 e. The molecular weight excluding hydrogens is 260 g/mol. The quantitative estimate of drug-likeness (QED) is 0.379. The van der Waals surface area contributed by atoms with Crippen LogP contribution in [0.2, 0.25) is 0 Å². The zero-order chi connectivity index (χ0) is 16.0. The van der Waals surface area contributed by atoms with Crippen LogP contribution in [0.5, 0.6) is 0 Å². The second-order valence-electron chi connectivity index (χ2n) is 6.90. The lowest BCUT2D eigenvalue weighted by Crippen LogP contribution is -2.45. The van der Waals surface area contributed by atoms with Gasteiger partial charge in [0.05, 0.1) is 33.7 Å². The van der Waals surface area contributed by atoms with Crippen molar-refractivity contribution in [2.75, 3.05) is 33.7 Å². The van der Waals surface area contributed by atoms with Gasteiger partial charge in [0.25, 0.3) is 0 Å². The smallest absolute Gasteiger partial charge is 0.220 e. The molecule has 1 N–H and O–H groups in total. The predicted molar refractivity (Wildman–Crippen MR) is 92.4 cm³/mol. The molecule has 0 rings (SSSR count). The fourth-order valence-corrected chi connectivity index (χ4v) is 2.34. The molecule has 0 fully saturated rings. The molecule has 1 amide bonds. The maximum Gasteiger partial charge on any atom is 0.220 e. The number of rotatable bonds is 14. The lowest BCUT2D eigenvalue weighted by atomic mass is 10.1. The van der Waals surface area contributed by atoms with Crippen molar-refractivity contribution < 1.29 is 9.28 Å². The first-order valence-corrected chi connectivity index (χ1v) is 9.10. The van der Waals surface area contributed by atoms with E-state index in [4.69, 9.17) is 0 Å². The summed E-state index contributed by atoms with van der Waals surface area (Å²) in [5, 5.41) is 3.04. The molecule has 0 aliphatic carbocycles. The van der Waals surface area contributed by atoms with Crippen molar-refractivity contribution in [2.24, 2.45) is 0 Å². The molecule has 0 spiro atoms. The third kappa shape index (κ3) is 14.1. The van der Waals surface area contributed by atoms with Crippen LogP contribution >= 0.6 is 0 Å². The number of hydrogen-bond donors (Lipinski definition) is 1. The van der Waals surface area contributed by atoms with Gasteiger partial charge in [-0.05, 0) is 13.3 Å². The van der Waals surface area contributed by atoms with E-state index in [-0.39, 0.29) is 5.91 Å². The average Bonchev–Trinajstić information content (AvgIpc) is 2.45. The van der Waals surface area contributed by atoms with E-state index in [1.54, 1.807) is 0 Å². The summed E-state index contributed by atoms with van der Waals surface area (Å²) in [5.41, 5.74) is 0. The molecule has 126 valence electrons. The van der Waals surface area contributed by atoms with Gasteiger partial charge in [-0.15, -0.1) is 0 Å². The van der Waals surface area contributed by atoms with E-state index in [1.807, 2.05) is 0 Å². The lowest BCUT2D eigenvalue weighted by molar-refractivity contribution is -0.887. The summed E-state index contributed by atoms with van der Waals surface area (Å²) in [6, 6.07) is 0. The second-order valence-corrected chi connectivity index (χ2v) is 6.90.